The minimum atomic E-state index is -0.864. The number of anilines is 1. The van der Waals surface area contributed by atoms with Gasteiger partial charge >= 0.3 is 5.97 Å². The van der Waals surface area contributed by atoms with E-state index in [1.54, 1.807) is 6.07 Å². The largest absolute Gasteiger partial charge is 0.478 e. The van der Waals surface area contributed by atoms with Gasteiger partial charge in [-0.05, 0) is 54.2 Å². The van der Waals surface area contributed by atoms with Crippen LogP contribution in [0.1, 0.15) is 45.4 Å². The maximum Gasteiger partial charge on any atom is 0.336 e. The second-order valence-corrected chi connectivity index (χ2v) is 6.99. The fourth-order valence-corrected chi connectivity index (χ4v) is 4.17. The number of aromatic carboxylic acids is 1. The first-order valence-electron chi connectivity index (χ1n) is 8.11. The molecule has 0 unspecified atom stereocenters. The average molecular weight is 340 g/mol. The first-order valence-corrected chi connectivity index (χ1v) is 8.49. The van der Waals surface area contributed by atoms with Crippen molar-refractivity contribution in [3.8, 4) is 0 Å². The number of carboxylic acids is 1. The molecular weight excluding hydrogens is 322 g/mol. The Hall–Kier alpha value is -2.26. The zero-order chi connectivity index (χ0) is 16.8. The molecule has 122 valence electrons. The number of nitrogens with one attached hydrogen (secondary N) is 1. The summed E-state index contributed by atoms with van der Waals surface area (Å²) in [7, 11) is 0. The first kappa shape index (κ1) is 15.3. The summed E-state index contributed by atoms with van der Waals surface area (Å²) in [5.74, 6) is -0.413. The summed E-state index contributed by atoms with van der Waals surface area (Å²) in [5, 5.41) is 13.9. The van der Waals surface area contributed by atoms with E-state index in [9.17, 15) is 9.90 Å². The van der Waals surface area contributed by atoms with Gasteiger partial charge in [-0.25, -0.2) is 4.79 Å². The van der Waals surface area contributed by atoms with Crippen molar-refractivity contribution in [3.05, 3.63) is 75.8 Å². The molecule has 0 spiro atoms. The lowest BCUT2D eigenvalue weighted by Gasteiger charge is -2.39. The highest BCUT2D eigenvalue weighted by atomic mass is 35.5. The van der Waals surface area contributed by atoms with Crippen molar-refractivity contribution >= 4 is 23.3 Å². The molecule has 3 atom stereocenters. The Morgan fingerprint density at radius 2 is 1.96 bits per heavy atom. The molecule has 3 nitrogen and oxygen atoms in total. The predicted molar refractivity (Wildman–Crippen MR) is 95.9 cm³/mol. The quantitative estimate of drug-likeness (QED) is 0.742. The van der Waals surface area contributed by atoms with E-state index < -0.39 is 5.97 Å². The third-order valence-electron chi connectivity index (χ3n) is 5.19. The summed E-state index contributed by atoms with van der Waals surface area (Å²) < 4.78 is 0. The normalized spacial score (nSPS) is 24.2. The van der Waals surface area contributed by atoms with E-state index in [4.69, 9.17) is 11.6 Å². The molecule has 0 radical (unpaired) electrons. The predicted octanol–water partition coefficient (Wildman–Crippen LogP) is 5.17. The molecule has 2 aromatic rings. The van der Waals surface area contributed by atoms with Crippen molar-refractivity contribution < 1.29 is 9.90 Å². The highest BCUT2D eigenvalue weighted by Crippen LogP contribution is 2.51. The molecule has 4 heteroatoms. The molecule has 0 saturated carbocycles. The molecule has 0 amide bonds. The van der Waals surface area contributed by atoms with Crippen LogP contribution in [0.4, 0.5) is 5.69 Å². The third kappa shape index (κ3) is 2.31. The average Bonchev–Trinajstić information content (AvgIpc) is 3.05. The van der Waals surface area contributed by atoms with E-state index in [1.165, 1.54) is 5.56 Å². The maximum absolute atomic E-state index is 11.7. The molecule has 2 N–H and O–H groups in total. The third-order valence-corrected chi connectivity index (χ3v) is 5.44. The second-order valence-electron chi connectivity index (χ2n) is 6.55. The van der Waals surface area contributed by atoms with E-state index in [-0.39, 0.29) is 12.0 Å². The summed E-state index contributed by atoms with van der Waals surface area (Å²) in [6.07, 6.45) is 5.28. The molecule has 0 aromatic heterocycles. The Kier molecular flexibility index (Phi) is 3.61. The Morgan fingerprint density at radius 1 is 1.21 bits per heavy atom. The van der Waals surface area contributed by atoms with Crippen LogP contribution in [0.15, 0.2) is 48.6 Å². The highest BCUT2D eigenvalue weighted by Gasteiger charge is 2.40. The number of allylic oxidation sites excluding steroid dienone is 2. The van der Waals surface area contributed by atoms with Crippen LogP contribution in [0.25, 0.3) is 0 Å². The maximum atomic E-state index is 11.7. The van der Waals surface area contributed by atoms with Gasteiger partial charge in [0.1, 0.15) is 0 Å². The number of carbonyl (C=O) groups is 1. The minimum absolute atomic E-state index is 0.132. The smallest absolute Gasteiger partial charge is 0.336 e. The van der Waals surface area contributed by atoms with Crippen LogP contribution in [0.2, 0.25) is 5.02 Å². The van der Waals surface area contributed by atoms with Crippen molar-refractivity contribution in [1.29, 1.82) is 0 Å². The molecule has 2 aliphatic rings. The van der Waals surface area contributed by atoms with Gasteiger partial charge in [0.15, 0.2) is 0 Å². The van der Waals surface area contributed by atoms with Crippen molar-refractivity contribution in [2.75, 3.05) is 5.32 Å². The Labute approximate surface area is 146 Å². The standard InChI is InChI=1S/C20H18ClNO2/c1-11-5-10-16(20(23)24)17-14-3-2-4-15(14)19(22-18(11)17)12-6-8-13(21)9-7-12/h2-3,5-10,14-15,19,22H,4H2,1H3,(H,23,24)/t14-,15+,19+/m1/s1. The minimum Gasteiger partial charge on any atom is -0.478 e. The topological polar surface area (TPSA) is 49.3 Å². The van der Waals surface area contributed by atoms with Gasteiger partial charge in [-0.3, -0.25) is 0 Å². The molecular formula is C20H18ClNO2. The fourth-order valence-electron chi connectivity index (χ4n) is 4.04. The van der Waals surface area contributed by atoms with Crippen LogP contribution < -0.4 is 5.32 Å². The summed E-state index contributed by atoms with van der Waals surface area (Å²) in [6, 6.07) is 11.7. The van der Waals surface area contributed by atoms with Crippen molar-refractivity contribution in [3.63, 3.8) is 0 Å². The molecule has 2 aromatic carbocycles. The molecule has 0 bridgehead atoms. The Bertz CT molecular complexity index is 841. The number of fused-ring (bicyclic) bond motifs is 3. The SMILES string of the molecule is Cc1ccc(C(=O)O)c2c1N[C@@H](c1ccc(Cl)cc1)[C@H]1CC=C[C@@H]21. The molecule has 24 heavy (non-hydrogen) atoms. The van der Waals surface area contributed by atoms with E-state index in [2.05, 4.69) is 29.6 Å². The molecule has 1 heterocycles. The number of benzene rings is 2. The van der Waals surface area contributed by atoms with Crippen LogP contribution >= 0.6 is 11.6 Å². The number of hydrogen-bond acceptors (Lipinski definition) is 2. The monoisotopic (exact) mass is 339 g/mol. The van der Waals surface area contributed by atoms with Crippen molar-refractivity contribution in [2.24, 2.45) is 5.92 Å². The van der Waals surface area contributed by atoms with Crippen LogP contribution in [0.5, 0.6) is 0 Å². The van der Waals surface area contributed by atoms with Crippen LogP contribution in [0, 0.1) is 12.8 Å². The van der Waals surface area contributed by atoms with Gasteiger partial charge in [-0.15, -0.1) is 0 Å². The molecule has 1 aliphatic heterocycles. The Balaban J connectivity index is 1.86. The summed E-state index contributed by atoms with van der Waals surface area (Å²) in [6.45, 7) is 2.02. The summed E-state index contributed by atoms with van der Waals surface area (Å²) >= 11 is 6.03. The van der Waals surface area contributed by atoms with Gasteiger partial charge in [-0.1, -0.05) is 42.0 Å². The van der Waals surface area contributed by atoms with E-state index in [1.807, 2.05) is 25.1 Å². The van der Waals surface area contributed by atoms with Crippen molar-refractivity contribution in [1.82, 2.24) is 0 Å². The van der Waals surface area contributed by atoms with Gasteiger partial charge in [0.2, 0.25) is 0 Å². The van der Waals surface area contributed by atoms with E-state index in [0.29, 0.717) is 11.5 Å². The molecule has 0 saturated heterocycles. The van der Waals surface area contributed by atoms with Gasteiger partial charge in [0, 0.05) is 16.6 Å². The van der Waals surface area contributed by atoms with Gasteiger partial charge in [-0.2, -0.15) is 0 Å². The molecule has 1 aliphatic carbocycles. The number of hydrogen-bond donors (Lipinski definition) is 2. The molecule has 4 rings (SSSR count). The number of carboxylic acid groups (broad SMARTS) is 1. The lowest BCUT2D eigenvalue weighted by Crippen LogP contribution is -2.31. The number of halogens is 1. The van der Waals surface area contributed by atoms with E-state index in [0.717, 1.165) is 28.3 Å². The highest BCUT2D eigenvalue weighted by molar-refractivity contribution is 6.30. The van der Waals surface area contributed by atoms with Crippen LogP contribution in [0.3, 0.4) is 0 Å². The van der Waals surface area contributed by atoms with Crippen LogP contribution in [-0.2, 0) is 0 Å². The molecule has 0 fully saturated rings. The van der Waals surface area contributed by atoms with E-state index >= 15 is 0 Å². The van der Waals surface area contributed by atoms with Gasteiger partial charge in [0.05, 0.1) is 11.6 Å². The summed E-state index contributed by atoms with van der Waals surface area (Å²) in [4.78, 5) is 11.7. The first-order chi connectivity index (χ1) is 11.6. The lowest BCUT2D eigenvalue weighted by atomic mass is 9.75. The fraction of sp³-hybridized carbons (Fsp3) is 0.250. The zero-order valence-electron chi connectivity index (χ0n) is 13.3. The van der Waals surface area contributed by atoms with Crippen molar-refractivity contribution in [2.45, 2.75) is 25.3 Å². The van der Waals surface area contributed by atoms with Crippen LogP contribution in [-0.4, -0.2) is 11.1 Å². The zero-order valence-corrected chi connectivity index (χ0v) is 14.0. The number of rotatable bonds is 2. The lowest BCUT2D eigenvalue weighted by molar-refractivity contribution is 0.0695. The number of aryl methyl sites for hydroxylation is 1. The van der Waals surface area contributed by atoms with Gasteiger partial charge in [0.25, 0.3) is 0 Å². The summed E-state index contributed by atoms with van der Waals surface area (Å²) in [5.41, 5.74) is 4.55. The Morgan fingerprint density at radius 3 is 2.67 bits per heavy atom. The van der Waals surface area contributed by atoms with Gasteiger partial charge < -0.3 is 10.4 Å². The second kappa shape index (κ2) is 5.67.